The molecule has 1 aliphatic rings. The molecule has 10 heteroatoms. The second kappa shape index (κ2) is 7.98. The van der Waals surface area contributed by atoms with Crippen LogP contribution in [0.3, 0.4) is 0 Å². The molecule has 154 valence electrons. The SMILES string of the molecule is Cc1nc2nc(SCC(=O)N(CC(C)C)C3CCS(=O)(=O)C3)nn2c(C)c1C. The Bertz CT molecular complexity index is 1000. The van der Waals surface area contributed by atoms with Gasteiger partial charge in [0.05, 0.1) is 17.3 Å². The van der Waals surface area contributed by atoms with E-state index in [9.17, 15) is 13.2 Å². The van der Waals surface area contributed by atoms with Gasteiger partial charge in [0.15, 0.2) is 9.84 Å². The van der Waals surface area contributed by atoms with Gasteiger partial charge in [0, 0.05) is 24.0 Å². The van der Waals surface area contributed by atoms with E-state index >= 15 is 0 Å². The number of fused-ring (bicyclic) bond motifs is 1. The summed E-state index contributed by atoms with van der Waals surface area (Å²) in [7, 11) is -3.04. The number of nitrogens with zero attached hydrogens (tertiary/aromatic N) is 5. The zero-order valence-electron chi connectivity index (χ0n) is 17.0. The largest absolute Gasteiger partial charge is 0.338 e. The molecule has 1 saturated heterocycles. The Labute approximate surface area is 170 Å². The molecule has 8 nitrogen and oxygen atoms in total. The van der Waals surface area contributed by atoms with Crippen LogP contribution in [0.25, 0.3) is 5.78 Å². The molecule has 1 atom stereocenters. The van der Waals surface area contributed by atoms with Crippen molar-refractivity contribution in [2.45, 2.75) is 52.2 Å². The molecule has 0 aliphatic carbocycles. The Morgan fingerprint density at radius 1 is 1.29 bits per heavy atom. The van der Waals surface area contributed by atoms with Gasteiger partial charge >= 0.3 is 0 Å². The molecule has 0 bridgehead atoms. The van der Waals surface area contributed by atoms with E-state index < -0.39 is 9.84 Å². The Balaban J connectivity index is 1.74. The molecule has 0 radical (unpaired) electrons. The van der Waals surface area contributed by atoms with Crippen LogP contribution in [0.2, 0.25) is 0 Å². The topological polar surface area (TPSA) is 97.5 Å². The van der Waals surface area contributed by atoms with Crippen LogP contribution in [0.4, 0.5) is 0 Å². The zero-order chi connectivity index (χ0) is 20.6. The number of rotatable bonds is 6. The summed E-state index contributed by atoms with van der Waals surface area (Å²) in [5.41, 5.74) is 2.96. The minimum absolute atomic E-state index is 0.0599. The quantitative estimate of drug-likeness (QED) is 0.651. The third-order valence-electron chi connectivity index (χ3n) is 5.10. The number of hydrogen-bond acceptors (Lipinski definition) is 7. The number of aromatic nitrogens is 4. The van der Waals surface area contributed by atoms with Gasteiger partial charge in [-0.15, -0.1) is 5.10 Å². The molecular weight excluding hydrogens is 398 g/mol. The summed E-state index contributed by atoms with van der Waals surface area (Å²) in [6.45, 7) is 10.5. The van der Waals surface area contributed by atoms with Gasteiger partial charge in [-0.2, -0.15) is 4.98 Å². The van der Waals surface area contributed by atoms with Crippen LogP contribution in [-0.2, 0) is 14.6 Å². The summed E-state index contributed by atoms with van der Waals surface area (Å²) in [6, 6.07) is -0.233. The van der Waals surface area contributed by atoms with Gasteiger partial charge in [0.1, 0.15) is 0 Å². The first-order chi connectivity index (χ1) is 13.1. The van der Waals surface area contributed by atoms with Crippen molar-refractivity contribution < 1.29 is 13.2 Å². The van der Waals surface area contributed by atoms with Gasteiger partial charge in [-0.05, 0) is 38.7 Å². The van der Waals surface area contributed by atoms with E-state index in [1.165, 1.54) is 11.8 Å². The lowest BCUT2D eigenvalue weighted by Crippen LogP contribution is -2.44. The molecule has 1 unspecified atom stereocenters. The molecule has 28 heavy (non-hydrogen) atoms. The highest BCUT2D eigenvalue weighted by Crippen LogP contribution is 2.22. The highest BCUT2D eigenvalue weighted by Gasteiger charge is 2.34. The number of carbonyl (C=O) groups is 1. The minimum Gasteiger partial charge on any atom is -0.338 e. The monoisotopic (exact) mass is 425 g/mol. The number of thioether (sulfide) groups is 1. The summed E-state index contributed by atoms with van der Waals surface area (Å²) < 4.78 is 25.4. The predicted molar refractivity (Wildman–Crippen MR) is 109 cm³/mol. The molecule has 3 heterocycles. The zero-order valence-corrected chi connectivity index (χ0v) is 18.6. The van der Waals surface area contributed by atoms with E-state index in [0.717, 1.165) is 17.0 Å². The first-order valence-electron chi connectivity index (χ1n) is 9.40. The molecule has 0 spiro atoms. The van der Waals surface area contributed by atoms with Crippen molar-refractivity contribution in [1.82, 2.24) is 24.5 Å². The lowest BCUT2D eigenvalue weighted by Gasteiger charge is -2.29. The third kappa shape index (κ3) is 4.48. The van der Waals surface area contributed by atoms with Crippen molar-refractivity contribution >= 4 is 33.3 Å². The fraction of sp³-hybridized carbons (Fsp3) is 0.667. The first kappa shape index (κ1) is 21.0. The summed E-state index contributed by atoms with van der Waals surface area (Å²) in [5, 5.41) is 4.96. The highest BCUT2D eigenvalue weighted by molar-refractivity contribution is 7.99. The molecule has 0 N–H and O–H groups in total. The number of carbonyl (C=O) groups excluding carboxylic acids is 1. The minimum atomic E-state index is -3.04. The Morgan fingerprint density at radius 2 is 2.00 bits per heavy atom. The summed E-state index contributed by atoms with van der Waals surface area (Å²) in [5.74, 6) is 1.11. The van der Waals surface area contributed by atoms with E-state index in [0.29, 0.717) is 23.9 Å². The van der Waals surface area contributed by atoms with Gasteiger partial charge in [-0.3, -0.25) is 4.79 Å². The third-order valence-corrected chi connectivity index (χ3v) is 7.67. The van der Waals surface area contributed by atoms with Gasteiger partial charge in [-0.25, -0.2) is 17.9 Å². The summed E-state index contributed by atoms with van der Waals surface area (Å²) in [6.07, 6.45) is 0.514. The lowest BCUT2D eigenvalue weighted by atomic mass is 10.1. The van der Waals surface area contributed by atoms with Crippen molar-refractivity contribution in [3.8, 4) is 0 Å². The Kier molecular flexibility index (Phi) is 6.00. The average molecular weight is 426 g/mol. The second-order valence-electron chi connectivity index (χ2n) is 7.80. The second-order valence-corrected chi connectivity index (χ2v) is 11.0. The van der Waals surface area contributed by atoms with Crippen LogP contribution in [-0.4, -0.2) is 68.7 Å². The number of hydrogen-bond donors (Lipinski definition) is 0. The van der Waals surface area contributed by atoms with E-state index in [1.54, 1.807) is 9.42 Å². The molecule has 1 amide bonds. The van der Waals surface area contributed by atoms with Crippen LogP contribution in [0, 0.1) is 26.7 Å². The first-order valence-corrected chi connectivity index (χ1v) is 12.2. The molecule has 1 aliphatic heterocycles. The Hall–Kier alpha value is -1.68. The average Bonchev–Trinajstić information content (AvgIpc) is 3.18. The molecule has 3 rings (SSSR count). The number of amides is 1. The van der Waals surface area contributed by atoms with Gasteiger partial charge in [0.25, 0.3) is 5.78 Å². The van der Waals surface area contributed by atoms with Crippen LogP contribution in [0.15, 0.2) is 5.16 Å². The van der Waals surface area contributed by atoms with Gasteiger partial charge in [0.2, 0.25) is 11.1 Å². The van der Waals surface area contributed by atoms with E-state index in [1.807, 2.05) is 34.6 Å². The van der Waals surface area contributed by atoms with Crippen molar-refractivity contribution in [2.24, 2.45) is 5.92 Å². The van der Waals surface area contributed by atoms with Gasteiger partial charge < -0.3 is 4.90 Å². The summed E-state index contributed by atoms with van der Waals surface area (Å²) in [4.78, 5) is 23.5. The number of sulfone groups is 1. The normalized spacial score (nSPS) is 18.9. The molecule has 0 aromatic carbocycles. The summed E-state index contributed by atoms with van der Waals surface area (Å²) >= 11 is 1.27. The fourth-order valence-corrected chi connectivity index (χ4v) is 5.81. The maximum atomic E-state index is 12.9. The van der Waals surface area contributed by atoms with Crippen molar-refractivity contribution in [3.63, 3.8) is 0 Å². The van der Waals surface area contributed by atoms with E-state index in [4.69, 9.17) is 0 Å². The lowest BCUT2D eigenvalue weighted by molar-refractivity contribution is -0.130. The van der Waals surface area contributed by atoms with Crippen molar-refractivity contribution in [1.29, 1.82) is 0 Å². The predicted octanol–water partition coefficient (Wildman–Crippen LogP) is 1.81. The number of aryl methyl sites for hydroxylation is 2. The van der Waals surface area contributed by atoms with Crippen LogP contribution < -0.4 is 0 Å². The maximum absolute atomic E-state index is 12.9. The molecular formula is C18H27N5O3S2. The molecule has 1 fully saturated rings. The standard InChI is InChI=1S/C18H27N5O3S2/c1-11(2)8-22(15-6-7-28(25,26)10-15)16(24)9-27-18-20-17-19-13(4)12(3)14(5)23(17)21-18/h11,15H,6-10H2,1-5H3. The van der Waals surface area contributed by atoms with E-state index in [2.05, 4.69) is 15.1 Å². The fourth-order valence-electron chi connectivity index (χ4n) is 3.38. The smallest absolute Gasteiger partial charge is 0.253 e. The van der Waals surface area contributed by atoms with Crippen LogP contribution in [0.5, 0.6) is 0 Å². The van der Waals surface area contributed by atoms with Crippen molar-refractivity contribution in [2.75, 3.05) is 23.8 Å². The van der Waals surface area contributed by atoms with Crippen LogP contribution >= 0.6 is 11.8 Å². The van der Waals surface area contributed by atoms with Crippen LogP contribution in [0.1, 0.15) is 37.2 Å². The Morgan fingerprint density at radius 3 is 2.61 bits per heavy atom. The van der Waals surface area contributed by atoms with Gasteiger partial charge in [-0.1, -0.05) is 25.6 Å². The van der Waals surface area contributed by atoms with Crippen molar-refractivity contribution in [3.05, 3.63) is 17.0 Å². The highest BCUT2D eigenvalue weighted by atomic mass is 32.2. The maximum Gasteiger partial charge on any atom is 0.253 e. The molecule has 2 aromatic rings. The molecule has 2 aromatic heterocycles. The molecule has 0 saturated carbocycles. The van der Waals surface area contributed by atoms with E-state index in [-0.39, 0.29) is 35.1 Å².